The molecule has 1 heterocycles. The number of allylic oxidation sites excluding steroid dienone is 2. The van der Waals surface area contributed by atoms with Crippen molar-refractivity contribution in [2.75, 3.05) is 13.1 Å². The second-order valence-corrected chi connectivity index (χ2v) is 9.78. The van der Waals surface area contributed by atoms with Crippen LogP contribution >= 0.6 is 0 Å². The Labute approximate surface area is 199 Å². The van der Waals surface area contributed by atoms with Crippen LogP contribution in [0.2, 0.25) is 0 Å². The summed E-state index contributed by atoms with van der Waals surface area (Å²) in [5.41, 5.74) is 3.43. The molecule has 2 atom stereocenters. The molecule has 0 spiro atoms. The van der Waals surface area contributed by atoms with Gasteiger partial charge in [-0.2, -0.15) is 0 Å². The molecule has 4 nitrogen and oxygen atoms in total. The number of aromatic nitrogens is 3. The Kier molecular flexibility index (Phi) is 15.3. The van der Waals surface area contributed by atoms with E-state index in [1.54, 1.807) is 0 Å². The first kappa shape index (κ1) is 28.6. The molecule has 1 rings (SSSR count). The average molecular weight is 445 g/mol. The largest absolute Gasteiger partial charge is 0.284 e. The van der Waals surface area contributed by atoms with Gasteiger partial charge in [-0.1, -0.05) is 96.4 Å². The number of nitrogens with zero attached hydrogens (tertiary/aromatic N) is 4. The SMILES string of the molecule is CCC/C=C\c1nnn(CN(CC(CC)CCCC)CC(CC)CCCC)c1C=C(C)C. The zero-order valence-corrected chi connectivity index (χ0v) is 22.4. The van der Waals surface area contributed by atoms with Crippen molar-refractivity contribution in [3.63, 3.8) is 0 Å². The molecule has 184 valence electrons. The van der Waals surface area contributed by atoms with Gasteiger partial charge in [0, 0.05) is 13.1 Å². The summed E-state index contributed by atoms with van der Waals surface area (Å²) in [5.74, 6) is 1.52. The molecule has 0 radical (unpaired) electrons. The van der Waals surface area contributed by atoms with E-state index in [2.05, 4.69) is 86.6 Å². The molecule has 1 aromatic heterocycles. The first-order valence-corrected chi connectivity index (χ1v) is 13.5. The van der Waals surface area contributed by atoms with Gasteiger partial charge in [0.05, 0.1) is 12.4 Å². The number of hydrogen-bond donors (Lipinski definition) is 0. The van der Waals surface area contributed by atoms with Gasteiger partial charge in [0.25, 0.3) is 0 Å². The topological polar surface area (TPSA) is 34.0 Å². The Morgan fingerprint density at radius 1 is 0.906 bits per heavy atom. The summed E-state index contributed by atoms with van der Waals surface area (Å²) in [7, 11) is 0. The number of hydrogen-bond acceptors (Lipinski definition) is 3. The van der Waals surface area contributed by atoms with Gasteiger partial charge in [0.1, 0.15) is 5.69 Å². The van der Waals surface area contributed by atoms with E-state index in [4.69, 9.17) is 0 Å². The van der Waals surface area contributed by atoms with E-state index >= 15 is 0 Å². The first-order valence-electron chi connectivity index (χ1n) is 13.5. The maximum atomic E-state index is 4.61. The monoisotopic (exact) mass is 444 g/mol. The Morgan fingerprint density at radius 3 is 1.97 bits per heavy atom. The lowest BCUT2D eigenvalue weighted by atomic mass is 9.96. The van der Waals surface area contributed by atoms with Crippen LogP contribution in [0.25, 0.3) is 12.2 Å². The molecule has 4 heteroatoms. The molecule has 0 aromatic carbocycles. The summed E-state index contributed by atoms with van der Waals surface area (Å²) in [6.07, 6.45) is 19.3. The molecule has 1 aromatic rings. The zero-order chi connectivity index (χ0) is 23.8. The molecular formula is C28H52N4. The van der Waals surface area contributed by atoms with Crippen molar-refractivity contribution in [3.05, 3.63) is 23.0 Å². The highest BCUT2D eigenvalue weighted by Crippen LogP contribution is 2.21. The second-order valence-electron chi connectivity index (χ2n) is 9.78. The summed E-state index contributed by atoms with van der Waals surface area (Å²) in [6, 6.07) is 0. The molecule has 32 heavy (non-hydrogen) atoms. The third kappa shape index (κ3) is 10.9. The fourth-order valence-electron chi connectivity index (χ4n) is 4.28. The van der Waals surface area contributed by atoms with Crippen LogP contribution in [0.15, 0.2) is 11.6 Å². The Hall–Kier alpha value is -1.42. The minimum Gasteiger partial charge on any atom is -0.284 e. The van der Waals surface area contributed by atoms with Crippen LogP contribution in [0.1, 0.15) is 124 Å². The molecule has 2 unspecified atom stereocenters. The minimum absolute atomic E-state index is 0.762. The van der Waals surface area contributed by atoms with Crippen LogP contribution in [-0.2, 0) is 6.67 Å². The van der Waals surface area contributed by atoms with Crippen molar-refractivity contribution < 1.29 is 0 Å². The van der Waals surface area contributed by atoms with Crippen LogP contribution < -0.4 is 0 Å². The van der Waals surface area contributed by atoms with E-state index in [9.17, 15) is 0 Å². The molecule has 0 saturated heterocycles. The molecule has 0 saturated carbocycles. The lowest BCUT2D eigenvalue weighted by Crippen LogP contribution is -2.36. The molecule has 0 aliphatic rings. The average Bonchev–Trinajstić information content (AvgIpc) is 3.14. The minimum atomic E-state index is 0.762. The highest BCUT2D eigenvalue weighted by molar-refractivity contribution is 5.60. The van der Waals surface area contributed by atoms with E-state index in [1.807, 2.05) is 0 Å². The molecule has 0 amide bonds. The molecule has 0 bridgehead atoms. The van der Waals surface area contributed by atoms with Gasteiger partial charge >= 0.3 is 0 Å². The molecule has 0 N–H and O–H groups in total. The summed E-state index contributed by atoms with van der Waals surface area (Å²) >= 11 is 0. The van der Waals surface area contributed by atoms with Crippen LogP contribution in [-0.4, -0.2) is 33.0 Å². The third-order valence-corrected chi connectivity index (χ3v) is 6.41. The quantitative estimate of drug-likeness (QED) is 0.229. The second kappa shape index (κ2) is 17.1. The predicted molar refractivity (Wildman–Crippen MR) is 141 cm³/mol. The predicted octanol–water partition coefficient (Wildman–Crippen LogP) is 8.21. The van der Waals surface area contributed by atoms with Crippen molar-refractivity contribution in [2.45, 2.75) is 119 Å². The van der Waals surface area contributed by atoms with Crippen LogP contribution in [0.4, 0.5) is 0 Å². The summed E-state index contributed by atoms with van der Waals surface area (Å²) < 4.78 is 2.14. The molecule has 0 aliphatic carbocycles. The molecule has 0 aliphatic heterocycles. The van der Waals surface area contributed by atoms with E-state index < -0.39 is 0 Å². The van der Waals surface area contributed by atoms with Crippen molar-refractivity contribution in [3.8, 4) is 0 Å². The van der Waals surface area contributed by atoms with E-state index in [-0.39, 0.29) is 0 Å². The standard InChI is InChI=1S/C28H52N4/c1-8-13-16-19-27-28(20-24(6)7)32(30-29-27)23-31(21-25(11-4)17-14-9-2)22-26(12-5)18-15-10-3/h16,19-20,25-26H,8-15,17-18,21-23H2,1-7H3/b19-16-. The fraction of sp³-hybridized carbons (Fsp3) is 0.786. The summed E-state index contributed by atoms with van der Waals surface area (Å²) in [5, 5.41) is 9.15. The van der Waals surface area contributed by atoms with Crippen LogP contribution in [0, 0.1) is 11.8 Å². The van der Waals surface area contributed by atoms with E-state index in [1.165, 1.54) is 56.9 Å². The third-order valence-electron chi connectivity index (χ3n) is 6.41. The highest BCUT2D eigenvalue weighted by Gasteiger charge is 2.19. The van der Waals surface area contributed by atoms with Gasteiger partial charge in [0.2, 0.25) is 0 Å². The number of unbranched alkanes of at least 4 members (excludes halogenated alkanes) is 3. The van der Waals surface area contributed by atoms with Gasteiger partial charge in [-0.05, 0) is 57.1 Å². The van der Waals surface area contributed by atoms with Crippen molar-refractivity contribution >= 4 is 12.2 Å². The van der Waals surface area contributed by atoms with Gasteiger partial charge < -0.3 is 0 Å². The van der Waals surface area contributed by atoms with Crippen LogP contribution in [0.5, 0.6) is 0 Å². The van der Waals surface area contributed by atoms with Crippen molar-refractivity contribution in [2.24, 2.45) is 11.8 Å². The maximum Gasteiger partial charge on any atom is 0.112 e. The van der Waals surface area contributed by atoms with Gasteiger partial charge in [-0.3, -0.25) is 4.90 Å². The van der Waals surface area contributed by atoms with Gasteiger partial charge in [-0.25, -0.2) is 4.68 Å². The molecule has 0 fully saturated rings. The Balaban J connectivity index is 3.13. The Bertz CT molecular complexity index is 636. The van der Waals surface area contributed by atoms with Gasteiger partial charge in [0.15, 0.2) is 0 Å². The zero-order valence-electron chi connectivity index (χ0n) is 22.4. The lowest BCUT2D eigenvalue weighted by molar-refractivity contribution is 0.137. The van der Waals surface area contributed by atoms with E-state index in [0.717, 1.165) is 55.8 Å². The Morgan fingerprint density at radius 2 is 1.50 bits per heavy atom. The summed E-state index contributed by atoms with van der Waals surface area (Å²) in [6.45, 7) is 19.0. The summed E-state index contributed by atoms with van der Waals surface area (Å²) in [4.78, 5) is 2.67. The smallest absolute Gasteiger partial charge is 0.112 e. The van der Waals surface area contributed by atoms with Gasteiger partial charge in [-0.15, -0.1) is 5.10 Å². The van der Waals surface area contributed by atoms with Crippen LogP contribution in [0.3, 0.4) is 0 Å². The maximum absolute atomic E-state index is 4.61. The number of rotatable bonds is 18. The lowest BCUT2D eigenvalue weighted by Gasteiger charge is -2.30. The first-order chi connectivity index (χ1) is 15.5. The van der Waals surface area contributed by atoms with E-state index in [0.29, 0.717) is 0 Å². The van der Waals surface area contributed by atoms with Crippen molar-refractivity contribution in [1.29, 1.82) is 0 Å². The highest BCUT2D eigenvalue weighted by atomic mass is 15.5. The fourth-order valence-corrected chi connectivity index (χ4v) is 4.28. The normalized spacial score (nSPS) is 13.8. The molecular weight excluding hydrogens is 392 g/mol. The van der Waals surface area contributed by atoms with Crippen molar-refractivity contribution in [1.82, 2.24) is 19.9 Å².